The molecule has 0 bridgehead atoms. The number of nitrogens with one attached hydrogen (secondary N) is 3. The van der Waals surface area contributed by atoms with Gasteiger partial charge in [-0.3, -0.25) is 19.2 Å². The Morgan fingerprint density at radius 1 is 1.04 bits per heavy atom. The molecule has 0 aromatic rings. The first-order valence-electron chi connectivity index (χ1n) is 7.48. The summed E-state index contributed by atoms with van der Waals surface area (Å²) < 4.78 is 0. The van der Waals surface area contributed by atoms with Crippen molar-refractivity contribution in [2.45, 2.75) is 31.0 Å². The van der Waals surface area contributed by atoms with Crippen molar-refractivity contribution in [1.82, 2.24) is 16.0 Å². The lowest BCUT2D eigenvalue weighted by atomic mass is 10.1. The van der Waals surface area contributed by atoms with Gasteiger partial charge >= 0.3 is 5.97 Å². The molecule has 148 valence electrons. The van der Waals surface area contributed by atoms with Crippen LogP contribution in [0.15, 0.2) is 0 Å². The average Bonchev–Trinajstić information content (AvgIpc) is 2.59. The summed E-state index contributed by atoms with van der Waals surface area (Å²) in [5.74, 6) is -4.49. The van der Waals surface area contributed by atoms with Crippen molar-refractivity contribution in [3.05, 3.63) is 0 Å². The van der Waals surface area contributed by atoms with Crippen LogP contribution in [0.25, 0.3) is 0 Å². The highest BCUT2D eigenvalue weighted by Crippen LogP contribution is 1.97. The van der Waals surface area contributed by atoms with E-state index in [0.29, 0.717) is 0 Å². The molecule has 0 radical (unpaired) electrons. The van der Waals surface area contributed by atoms with Crippen LogP contribution in [0.3, 0.4) is 0 Å². The van der Waals surface area contributed by atoms with E-state index in [-0.39, 0.29) is 18.6 Å². The maximum atomic E-state index is 11.9. The second kappa shape index (κ2) is 12.1. The molecular weight excluding hydrogens is 370 g/mol. The summed E-state index contributed by atoms with van der Waals surface area (Å²) in [5, 5.41) is 24.5. The molecule has 0 rings (SSSR count). The van der Waals surface area contributed by atoms with Gasteiger partial charge in [-0.05, 0) is 6.42 Å². The third-order valence-electron chi connectivity index (χ3n) is 3.08. The van der Waals surface area contributed by atoms with Gasteiger partial charge in [-0.2, -0.15) is 12.6 Å². The number of hydrogen-bond acceptors (Lipinski definition) is 8. The fourth-order valence-corrected chi connectivity index (χ4v) is 1.80. The zero-order chi connectivity index (χ0) is 20.3. The second-order valence-corrected chi connectivity index (χ2v) is 5.58. The first-order chi connectivity index (χ1) is 12.1. The molecule has 0 aromatic heterocycles. The highest BCUT2D eigenvalue weighted by molar-refractivity contribution is 7.80. The third-order valence-corrected chi connectivity index (χ3v) is 3.48. The second-order valence-electron chi connectivity index (χ2n) is 5.21. The molecule has 0 saturated heterocycles. The van der Waals surface area contributed by atoms with Crippen molar-refractivity contribution >= 4 is 42.2 Å². The molecule has 0 saturated carbocycles. The van der Waals surface area contributed by atoms with Crippen molar-refractivity contribution in [1.29, 1.82) is 0 Å². The lowest BCUT2D eigenvalue weighted by Gasteiger charge is -2.18. The van der Waals surface area contributed by atoms with Gasteiger partial charge < -0.3 is 37.6 Å². The normalized spacial score (nSPS) is 13.8. The Hall–Kier alpha value is -2.38. The Kier molecular flexibility index (Phi) is 10.9. The monoisotopic (exact) mass is 393 g/mol. The summed E-state index contributed by atoms with van der Waals surface area (Å²) in [6.07, 6.45) is -0.449. The largest absolute Gasteiger partial charge is 0.480 e. The van der Waals surface area contributed by atoms with Crippen molar-refractivity contribution in [2.75, 3.05) is 18.9 Å². The SMILES string of the molecule is NC(=O)CCC(NC(=O)CNC(=O)C(CO)NC(=O)C(N)CS)C(=O)O. The fourth-order valence-electron chi connectivity index (χ4n) is 1.64. The van der Waals surface area contributed by atoms with E-state index in [2.05, 4.69) is 28.6 Å². The maximum Gasteiger partial charge on any atom is 0.326 e. The summed E-state index contributed by atoms with van der Waals surface area (Å²) in [6.45, 7) is -1.35. The van der Waals surface area contributed by atoms with E-state index >= 15 is 0 Å². The molecule has 0 aliphatic rings. The Balaban J connectivity index is 4.52. The molecular formula is C13H23N5O7S. The van der Waals surface area contributed by atoms with Gasteiger partial charge in [0.05, 0.1) is 19.2 Å². The summed E-state index contributed by atoms with van der Waals surface area (Å²) in [5.41, 5.74) is 10.3. The van der Waals surface area contributed by atoms with Crippen LogP contribution in [-0.2, 0) is 24.0 Å². The number of carbonyl (C=O) groups is 5. The first kappa shape index (κ1) is 23.6. The van der Waals surface area contributed by atoms with E-state index in [1.54, 1.807) is 0 Å². The molecule has 0 heterocycles. The van der Waals surface area contributed by atoms with E-state index in [4.69, 9.17) is 21.7 Å². The molecule has 26 heavy (non-hydrogen) atoms. The molecule has 0 spiro atoms. The van der Waals surface area contributed by atoms with Gasteiger partial charge in [-0.1, -0.05) is 0 Å². The van der Waals surface area contributed by atoms with Crippen molar-refractivity contribution in [3.63, 3.8) is 0 Å². The van der Waals surface area contributed by atoms with Crippen molar-refractivity contribution in [2.24, 2.45) is 11.5 Å². The van der Waals surface area contributed by atoms with Gasteiger partial charge in [0.1, 0.15) is 12.1 Å². The minimum Gasteiger partial charge on any atom is -0.480 e. The zero-order valence-corrected chi connectivity index (χ0v) is 14.7. The standard InChI is InChI=1S/C13H23N5O7S/c14-6(5-26)11(22)18-8(4-19)12(23)16-3-10(21)17-7(13(24)25)1-2-9(15)20/h6-8,19,26H,1-5,14H2,(H2,15,20)(H,16,23)(H,17,21)(H,18,22)(H,24,25). The minimum absolute atomic E-state index is 0.0237. The molecule has 3 unspecified atom stereocenters. The fraction of sp³-hybridized carbons (Fsp3) is 0.615. The zero-order valence-electron chi connectivity index (χ0n) is 13.8. The highest BCUT2D eigenvalue weighted by atomic mass is 32.1. The van der Waals surface area contributed by atoms with Crippen molar-refractivity contribution in [3.8, 4) is 0 Å². The van der Waals surface area contributed by atoms with Gasteiger partial charge in [0, 0.05) is 12.2 Å². The van der Waals surface area contributed by atoms with Gasteiger partial charge in [0.15, 0.2) is 0 Å². The van der Waals surface area contributed by atoms with Gasteiger partial charge in [0.25, 0.3) is 0 Å². The predicted octanol–water partition coefficient (Wildman–Crippen LogP) is -4.33. The molecule has 0 aliphatic heterocycles. The topological polar surface area (TPSA) is 214 Å². The lowest BCUT2D eigenvalue weighted by Crippen LogP contribution is -2.55. The molecule has 0 fully saturated rings. The number of rotatable bonds is 12. The third kappa shape index (κ3) is 9.19. The Morgan fingerprint density at radius 3 is 2.12 bits per heavy atom. The number of primary amides is 1. The molecule has 0 aliphatic carbocycles. The number of carbonyl (C=O) groups excluding carboxylic acids is 4. The van der Waals surface area contributed by atoms with Crippen LogP contribution in [0.4, 0.5) is 0 Å². The number of aliphatic hydroxyl groups excluding tert-OH is 1. The van der Waals surface area contributed by atoms with Crippen LogP contribution in [-0.4, -0.2) is 76.8 Å². The van der Waals surface area contributed by atoms with Gasteiger partial charge in [-0.15, -0.1) is 0 Å². The number of amides is 4. The smallest absolute Gasteiger partial charge is 0.326 e. The molecule has 0 aromatic carbocycles. The number of carboxylic acid groups (broad SMARTS) is 1. The number of nitrogens with two attached hydrogens (primary N) is 2. The van der Waals surface area contributed by atoms with Crippen LogP contribution in [0.1, 0.15) is 12.8 Å². The number of aliphatic carboxylic acids is 1. The molecule has 9 N–H and O–H groups in total. The average molecular weight is 393 g/mol. The van der Waals surface area contributed by atoms with Crippen LogP contribution >= 0.6 is 12.6 Å². The number of hydrogen-bond donors (Lipinski definition) is 8. The van der Waals surface area contributed by atoms with Crippen LogP contribution in [0.2, 0.25) is 0 Å². The van der Waals surface area contributed by atoms with Gasteiger partial charge in [-0.25, -0.2) is 4.79 Å². The van der Waals surface area contributed by atoms with Crippen LogP contribution in [0.5, 0.6) is 0 Å². The molecule has 3 atom stereocenters. The van der Waals surface area contributed by atoms with E-state index in [9.17, 15) is 24.0 Å². The van der Waals surface area contributed by atoms with E-state index in [0.717, 1.165) is 0 Å². The van der Waals surface area contributed by atoms with E-state index in [1.807, 2.05) is 0 Å². The number of thiol groups is 1. The van der Waals surface area contributed by atoms with Crippen LogP contribution < -0.4 is 27.4 Å². The Morgan fingerprint density at radius 2 is 1.65 bits per heavy atom. The molecule has 12 nitrogen and oxygen atoms in total. The number of carboxylic acids is 1. The summed E-state index contributed by atoms with van der Waals surface area (Å²) in [6, 6.07) is -3.68. The Labute approximate surface area is 154 Å². The highest BCUT2D eigenvalue weighted by Gasteiger charge is 2.24. The summed E-state index contributed by atoms with van der Waals surface area (Å²) in [4.78, 5) is 56.8. The van der Waals surface area contributed by atoms with Crippen LogP contribution in [0, 0.1) is 0 Å². The van der Waals surface area contributed by atoms with E-state index in [1.165, 1.54) is 0 Å². The minimum atomic E-state index is -1.37. The summed E-state index contributed by atoms with van der Waals surface area (Å²) >= 11 is 3.83. The maximum absolute atomic E-state index is 11.9. The molecule has 13 heteroatoms. The Bertz CT molecular complexity index is 545. The molecule has 4 amide bonds. The predicted molar refractivity (Wildman–Crippen MR) is 91.8 cm³/mol. The van der Waals surface area contributed by atoms with Crippen molar-refractivity contribution < 1.29 is 34.2 Å². The quantitative estimate of drug-likeness (QED) is 0.151. The first-order valence-corrected chi connectivity index (χ1v) is 8.11. The lowest BCUT2D eigenvalue weighted by molar-refractivity contribution is -0.142. The van der Waals surface area contributed by atoms with E-state index < -0.39 is 60.9 Å². The number of aliphatic hydroxyl groups is 1. The van der Waals surface area contributed by atoms with Gasteiger partial charge in [0.2, 0.25) is 23.6 Å². The summed E-state index contributed by atoms with van der Waals surface area (Å²) in [7, 11) is 0.